The molecule has 0 spiro atoms. The molecule has 0 aliphatic carbocycles. The van der Waals surface area contributed by atoms with Crippen LogP contribution in [0.4, 0.5) is 11.5 Å². The summed E-state index contributed by atoms with van der Waals surface area (Å²) in [6, 6.07) is 6.63. The van der Waals surface area contributed by atoms with Gasteiger partial charge in [0.15, 0.2) is 5.82 Å². The van der Waals surface area contributed by atoms with Gasteiger partial charge in [-0.25, -0.2) is 9.97 Å². The smallest absolute Gasteiger partial charge is 0.163 e. The molecule has 0 saturated carbocycles. The predicted molar refractivity (Wildman–Crippen MR) is 95.6 cm³/mol. The Bertz CT molecular complexity index is 716. The molecule has 1 aromatic carbocycles. The number of anilines is 2. The Labute approximate surface area is 146 Å². The molecule has 2 aliphatic heterocycles. The maximum absolute atomic E-state index is 9.07. The fraction of sp³-hybridized carbons (Fsp3) is 0.444. The lowest BCUT2D eigenvalue weighted by Crippen LogP contribution is -2.33. The maximum atomic E-state index is 9.07. The van der Waals surface area contributed by atoms with Crippen LogP contribution in [0, 0.1) is 5.92 Å². The third kappa shape index (κ3) is 3.41. The molecule has 1 fully saturated rings. The molecule has 6 heteroatoms. The van der Waals surface area contributed by atoms with Gasteiger partial charge in [-0.05, 0) is 56.0 Å². The Balaban J connectivity index is 1.42. The Hall–Kier alpha value is -1.63. The minimum absolute atomic E-state index is 0.323. The van der Waals surface area contributed by atoms with E-state index in [-0.39, 0.29) is 0 Å². The fourth-order valence-electron chi connectivity index (χ4n) is 3.45. The SMILES string of the molecule is OCCC1CCN(Cc2ccc3c(c2)Nc2nccnc2S3)CC1. The normalized spacial score (nSPS) is 17.9. The molecule has 0 amide bonds. The van der Waals surface area contributed by atoms with Crippen LogP contribution in [0.25, 0.3) is 0 Å². The summed E-state index contributed by atoms with van der Waals surface area (Å²) < 4.78 is 0. The highest BCUT2D eigenvalue weighted by atomic mass is 32.2. The number of aliphatic hydroxyl groups excluding tert-OH is 1. The lowest BCUT2D eigenvalue weighted by Gasteiger charge is -2.32. The zero-order chi connectivity index (χ0) is 16.4. The minimum atomic E-state index is 0.323. The number of rotatable bonds is 4. The van der Waals surface area contributed by atoms with E-state index >= 15 is 0 Å². The summed E-state index contributed by atoms with van der Waals surface area (Å²) in [5, 5.41) is 13.4. The van der Waals surface area contributed by atoms with Gasteiger partial charge in [0.1, 0.15) is 5.03 Å². The van der Waals surface area contributed by atoms with E-state index in [1.165, 1.54) is 23.3 Å². The van der Waals surface area contributed by atoms with Gasteiger partial charge in [0, 0.05) is 30.4 Å². The highest BCUT2D eigenvalue weighted by Crippen LogP contribution is 2.42. The number of benzene rings is 1. The first-order valence-corrected chi connectivity index (χ1v) is 9.35. The van der Waals surface area contributed by atoms with Crippen molar-refractivity contribution >= 4 is 23.3 Å². The third-order valence-electron chi connectivity index (χ3n) is 4.82. The molecular formula is C18H22N4OS. The molecule has 0 radical (unpaired) electrons. The average Bonchev–Trinajstić information content (AvgIpc) is 2.62. The molecule has 0 unspecified atom stereocenters. The zero-order valence-corrected chi connectivity index (χ0v) is 14.4. The number of hydrogen-bond acceptors (Lipinski definition) is 6. The molecule has 3 heterocycles. The van der Waals surface area contributed by atoms with Crippen molar-refractivity contribution < 1.29 is 5.11 Å². The van der Waals surface area contributed by atoms with Crippen molar-refractivity contribution in [3.8, 4) is 0 Å². The van der Waals surface area contributed by atoms with Gasteiger partial charge in [-0.2, -0.15) is 0 Å². The van der Waals surface area contributed by atoms with Crippen LogP contribution in [0.3, 0.4) is 0 Å². The van der Waals surface area contributed by atoms with Gasteiger partial charge in [0.25, 0.3) is 0 Å². The lowest BCUT2D eigenvalue weighted by molar-refractivity contribution is 0.153. The molecule has 1 saturated heterocycles. The van der Waals surface area contributed by atoms with Crippen LogP contribution in [-0.4, -0.2) is 39.7 Å². The first-order valence-electron chi connectivity index (χ1n) is 8.54. The summed E-state index contributed by atoms with van der Waals surface area (Å²) in [6.07, 6.45) is 6.80. The van der Waals surface area contributed by atoms with E-state index in [4.69, 9.17) is 5.11 Å². The Morgan fingerprint density at radius 1 is 1.21 bits per heavy atom. The van der Waals surface area contributed by atoms with E-state index in [0.717, 1.165) is 42.6 Å². The van der Waals surface area contributed by atoms with Crippen LogP contribution in [0.1, 0.15) is 24.8 Å². The Kier molecular flexibility index (Phi) is 4.69. The van der Waals surface area contributed by atoms with Crippen LogP contribution >= 0.6 is 11.8 Å². The summed E-state index contributed by atoms with van der Waals surface area (Å²) >= 11 is 1.67. The first-order chi connectivity index (χ1) is 11.8. The van der Waals surface area contributed by atoms with Crippen LogP contribution < -0.4 is 5.32 Å². The average molecular weight is 342 g/mol. The number of aliphatic hydroxyl groups is 1. The highest BCUT2D eigenvalue weighted by Gasteiger charge is 2.21. The molecule has 0 atom stereocenters. The summed E-state index contributed by atoms with van der Waals surface area (Å²) in [7, 11) is 0. The van der Waals surface area contributed by atoms with Gasteiger partial charge in [-0.15, -0.1) is 0 Å². The summed E-state index contributed by atoms with van der Waals surface area (Å²) in [5.74, 6) is 1.54. The van der Waals surface area contributed by atoms with Crippen molar-refractivity contribution in [1.29, 1.82) is 0 Å². The second-order valence-electron chi connectivity index (χ2n) is 6.50. The van der Waals surface area contributed by atoms with E-state index in [1.807, 2.05) is 0 Å². The van der Waals surface area contributed by atoms with Gasteiger partial charge in [-0.3, -0.25) is 4.90 Å². The quantitative estimate of drug-likeness (QED) is 0.759. The molecule has 1 aromatic heterocycles. The number of aromatic nitrogens is 2. The molecule has 2 N–H and O–H groups in total. The number of likely N-dealkylation sites (tertiary alicyclic amines) is 1. The van der Waals surface area contributed by atoms with Crippen molar-refractivity contribution in [2.45, 2.75) is 35.7 Å². The van der Waals surface area contributed by atoms with Gasteiger partial charge in [0.2, 0.25) is 0 Å². The van der Waals surface area contributed by atoms with E-state index in [2.05, 4.69) is 38.4 Å². The van der Waals surface area contributed by atoms with Gasteiger partial charge < -0.3 is 10.4 Å². The molecule has 2 aliphatic rings. The summed E-state index contributed by atoms with van der Waals surface area (Å²) in [4.78, 5) is 12.4. The topological polar surface area (TPSA) is 61.3 Å². The zero-order valence-electron chi connectivity index (χ0n) is 13.6. The second-order valence-corrected chi connectivity index (χ2v) is 7.53. The van der Waals surface area contributed by atoms with Crippen molar-refractivity contribution in [2.75, 3.05) is 25.0 Å². The monoisotopic (exact) mass is 342 g/mol. The summed E-state index contributed by atoms with van der Waals surface area (Å²) in [6.45, 7) is 3.55. The first kappa shape index (κ1) is 15.9. The predicted octanol–water partition coefficient (Wildman–Crippen LogP) is 3.28. The molecular weight excluding hydrogens is 320 g/mol. The highest BCUT2D eigenvalue weighted by molar-refractivity contribution is 7.99. The molecule has 24 heavy (non-hydrogen) atoms. The van der Waals surface area contributed by atoms with Crippen molar-refractivity contribution in [1.82, 2.24) is 14.9 Å². The maximum Gasteiger partial charge on any atom is 0.163 e. The summed E-state index contributed by atoms with van der Waals surface area (Å²) in [5.41, 5.74) is 2.45. The minimum Gasteiger partial charge on any atom is -0.396 e. The van der Waals surface area contributed by atoms with E-state index in [1.54, 1.807) is 24.2 Å². The number of piperidine rings is 1. The standard InChI is InChI=1S/C18H22N4OS/c23-10-5-13-3-8-22(9-4-13)12-14-1-2-16-15(11-14)21-17-18(24-16)20-7-6-19-17/h1-2,6-7,11,13,23H,3-5,8-10,12H2,(H,19,21). The molecule has 126 valence electrons. The largest absolute Gasteiger partial charge is 0.396 e. The Morgan fingerprint density at radius 2 is 2.04 bits per heavy atom. The van der Waals surface area contributed by atoms with Crippen molar-refractivity contribution in [3.63, 3.8) is 0 Å². The van der Waals surface area contributed by atoms with Gasteiger partial charge >= 0.3 is 0 Å². The van der Waals surface area contributed by atoms with Gasteiger partial charge in [-0.1, -0.05) is 17.8 Å². The van der Waals surface area contributed by atoms with Crippen LogP contribution in [-0.2, 0) is 6.54 Å². The van der Waals surface area contributed by atoms with E-state index < -0.39 is 0 Å². The van der Waals surface area contributed by atoms with Crippen molar-refractivity contribution in [3.05, 3.63) is 36.2 Å². The number of nitrogens with zero attached hydrogens (tertiary/aromatic N) is 3. The lowest BCUT2D eigenvalue weighted by atomic mass is 9.94. The van der Waals surface area contributed by atoms with E-state index in [0.29, 0.717) is 12.5 Å². The van der Waals surface area contributed by atoms with Gasteiger partial charge in [0.05, 0.1) is 5.69 Å². The third-order valence-corrected chi connectivity index (χ3v) is 5.89. The second kappa shape index (κ2) is 7.09. The van der Waals surface area contributed by atoms with Crippen LogP contribution in [0.2, 0.25) is 0 Å². The fourth-order valence-corrected chi connectivity index (χ4v) is 4.33. The Morgan fingerprint density at radius 3 is 2.88 bits per heavy atom. The molecule has 2 aromatic rings. The van der Waals surface area contributed by atoms with Crippen LogP contribution in [0.5, 0.6) is 0 Å². The van der Waals surface area contributed by atoms with E-state index in [9.17, 15) is 0 Å². The number of fused-ring (bicyclic) bond motifs is 2. The number of nitrogens with one attached hydrogen (secondary N) is 1. The molecule has 4 rings (SSSR count). The van der Waals surface area contributed by atoms with Crippen LogP contribution in [0.15, 0.2) is 40.5 Å². The van der Waals surface area contributed by atoms with Crippen molar-refractivity contribution in [2.24, 2.45) is 5.92 Å². The molecule has 0 bridgehead atoms. The molecule has 5 nitrogen and oxygen atoms in total. The number of hydrogen-bond donors (Lipinski definition) is 2.